The second-order valence-corrected chi connectivity index (χ2v) is 8.21. The number of nitrogens with zero attached hydrogens (tertiary/aromatic N) is 1. The first-order valence-corrected chi connectivity index (χ1v) is 9.21. The predicted octanol–water partition coefficient (Wildman–Crippen LogP) is 2.25. The van der Waals surface area contributed by atoms with E-state index in [-0.39, 0.29) is 18.3 Å². The summed E-state index contributed by atoms with van der Waals surface area (Å²) in [6.07, 6.45) is 3.70. The summed E-state index contributed by atoms with van der Waals surface area (Å²) < 4.78 is 26.3. The highest BCUT2D eigenvalue weighted by Gasteiger charge is 2.27. The summed E-state index contributed by atoms with van der Waals surface area (Å²) in [6, 6.07) is 9.66. The first kappa shape index (κ1) is 16.5. The van der Waals surface area contributed by atoms with Crippen LogP contribution in [0.15, 0.2) is 30.3 Å². The molecule has 0 aliphatic heterocycles. The maximum absolute atomic E-state index is 12.4. The van der Waals surface area contributed by atoms with Gasteiger partial charge in [0.25, 0.3) is 0 Å². The van der Waals surface area contributed by atoms with Gasteiger partial charge in [0.15, 0.2) is 0 Å². The molecule has 0 spiro atoms. The summed E-state index contributed by atoms with van der Waals surface area (Å²) in [7, 11) is -1.56. The van der Waals surface area contributed by atoms with Crippen LogP contribution >= 0.6 is 0 Å². The van der Waals surface area contributed by atoms with Crippen LogP contribution in [0.1, 0.15) is 31.2 Å². The summed E-state index contributed by atoms with van der Waals surface area (Å²) in [5.74, 6) is 0.830. The number of hydrogen-bond acceptors (Lipinski definition) is 3. The Balaban J connectivity index is 1.89. The number of rotatable bonds is 6. The van der Waals surface area contributed by atoms with Gasteiger partial charge in [0, 0.05) is 20.2 Å². The Hall–Kier alpha value is -0.910. The van der Waals surface area contributed by atoms with Gasteiger partial charge in [-0.1, -0.05) is 30.3 Å². The standard InChI is InChI=1S/C16H25NO3S/c1-17(11-14-5-3-2-4-6-14)21(19,20)13-16-9-7-15(12-18)8-10-16/h2-6,15-16,18H,7-13H2,1H3. The Morgan fingerprint density at radius 1 is 1.10 bits per heavy atom. The molecule has 1 aromatic carbocycles. The molecular formula is C16H25NO3S. The Morgan fingerprint density at radius 2 is 1.67 bits per heavy atom. The second kappa shape index (κ2) is 7.38. The summed E-state index contributed by atoms with van der Waals surface area (Å²) in [6.45, 7) is 0.655. The largest absolute Gasteiger partial charge is 0.396 e. The maximum Gasteiger partial charge on any atom is 0.214 e. The van der Waals surface area contributed by atoms with Crippen molar-refractivity contribution in [3.63, 3.8) is 0 Å². The Labute approximate surface area is 127 Å². The van der Waals surface area contributed by atoms with Crippen molar-refractivity contribution < 1.29 is 13.5 Å². The topological polar surface area (TPSA) is 57.6 Å². The molecule has 1 N–H and O–H groups in total. The van der Waals surface area contributed by atoms with Crippen molar-refractivity contribution in [2.45, 2.75) is 32.2 Å². The van der Waals surface area contributed by atoms with Crippen LogP contribution in [0.3, 0.4) is 0 Å². The lowest BCUT2D eigenvalue weighted by Crippen LogP contribution is -2.33. The van der Waals surface area contributed by atoms with E-state index >= 15 is 0 Å². The number of aliphatic hydroxyl groups is 1. The fourth-order valence-corrected chi connectivity index (χ4v) is 4.47. The van der Waals surface area contributed by atoms with E-state index in [1.54, 1.807) is 7.05 Å². The van der Waals surface area contributed by atoms with Gasteiger partial charge in [-0.2, -0.15) is 0 Å². The van der Waals surface area contributed by atoms with Crippen molar-refractivity contribution in [1.29, 1.82) is 0 Å². The minimum Gasteiger partial charge on any atom is -0.396 e. The molecule has 1 aliphatic rings. The van der Waals surface area contributed by atoms with Crippen LogP contribution in [0.25, 0.3) is 0 Å². The average Bonchev–Trinajstić information content (AvgIpc) is 2.48. The molecule has 1 aliphatic carbocycles. The highest BCUT2D eigenvalue weighted by atomic mass is 32.2. The van der Waals surface area contributed by atoms with Gasteiger partial charge in [0.2, 0.25) is 10.0 Å². The number of hydrogen-bond donors (Lipinski definition) is 1. The van der Waals surface area contributed by atoms with Crippen molar-refractivity contribution >= 4 is 10.0 Å². The van der Waals surface area contributed by atoms with Crippen molar-refractivity contribution in [1.82, 2.24) is 4.31 Å². The minimum atomic E-state index is -3.21. The average molecular weight is 311 g/mol. The van der Waals surface area contributed by atoms with Crippen LogP contribution in [-0.4, -0.2) is 37.2 Å². The van der Waals surface area contributed by atoms with E-state index in [0.29, 0.717) is 12.5 Å². The highest BCUT2D eigenvalue weighted by Crippen LogP contribution is 2.29. The van der Waals surface area contributed by atoms with E-state index in [4.69, 9.17) is 5.11 Å². The third-order valence-electron chi connectivity index (χ3n) is 4.39. The molecule has 2 rings (SSSR count). The summed E-state index contributed by atoms with van der Waals surface area (Å²) in [5.41, 5.74) is 1.01. The maximum atomic E-state index is 12.4. The molecule has 21 heavy (non-hydrogen) atoms. The van der Waals surface area contributed by atoms with Crippen LogP contribution in [0, 0.1) is 11.8 Å². The first-order valence-electron chi connectivity index (χ1n) is 7.60. The van der Waals surface area contributed by atoms with Crippen LogP contribution in [0.5, 0.6) is 0 Å². The molecule has 4 nitrogen and oxygen atoms in total. The monoisotopic (exact) mass is 311 g/mol. The van der Waals surface area contributed by atoms with Crippen LogP contribution in [0.2, 0.25) is 0 Å². The number of sulfonamides is 1. The molecule has 1 fully saturated rings. The molecule has 0 amide bonds. The fraction of sp³-hybridized carbons (Fsp3) is 0.625. The van der Waals surface area contributed by atoms with Crippen LogP contribution < -0.4 is 0 Å². The lowest BCUT2D eigenvalue weighted by atomic mass is 9.83. The lowest BCUT2D eigenvalue weighted by Gasteiger charge is -2.28. The van der Waals surface area contributed by atoms with Crippen molar-refractivity contribution in [2.75, 3.05) is 19.4 Å². The molecule has 1 saturated carbocycles. The van der Waals surface area contributed by atoms with E-state index in [1.165, 1.54) is 4.31 Å². The molecule has 0 unspecified atom stereocenters. The predicted molar refractivity (Wildman–Crippen MR) is 84.2 cm³/mol. The first-order chi connectivity index (χ1) is 10.0. The van der Waals surface area contributed by atoms with Crippen molar-refractivity contribution in [3.05, 3.63) is 35.9 Å². The number of benzene rings is 1. The van der Waals surface area contributed by atoms with Gasteiger partial charge in [0.1, 0.15) is 0 Å². The Bertz CT molecular complexity index is 522. The zero-order chi connectivity index (χ0) is 15.3. The Morgan fingerprint density at radius 3 is 2.24 bits per heavy atom. The summed E-state index contributed by atoms with van der Waals surface area (Å²) in [4.78, 5) is 0. The van der Waals surface area contributed by atoms with Crippen molar-refractivity contribution in [3.8, 4) is 0 Å². The zero-order valence-corrected chi connectivity index (χ0v) is 13.4. The van der Waals surface area contributed by atoms with Gasteiger partial charge in [0.05, 0.1) is 5.75 Å². The molecule has 0 radical (unpaired) electrons. The van der Waals surface area contributed by atoms with E-state index in [1.807, 2.05) is 30.3 Å². The smallest absolute Gasteiger partial charge is 0.214 e. The SMILES string of the molecule is CN(Cc1ccccc1)S(=O)(=O)CC1CCC(CO)CC1. The van der Waals surface area contributed by atoms with Gasteiger partial charge >= 0.3 is 0 Å². The third-order valence-corrected chi connectivity index (χ3v) is 6.37. The molecule has 0 aromatic heterocycles. The van der Waals surface area contributed by atoms with Crippen LogP contribution in [-0.2, 0) is 16.6 Å². The van der Waals surface area contributed by atoms with Crippen molar-refractivity contribution in [2.24, 2.45) is 11.8 Å². The lowest BCUT2D eigenvalue weighted by molar-refractivity contribution is 0.172. The number of aliphatic hydroxyl groups excluding tert-OH is 1. The zero-order valence-electron chi connectivity index (χ0n) is 12.6. The van der Waals surface area contributed by atoms with Gasteiger partial charge in [-0.3, -0.25) is 0 Å². The summed E-state index contributed by atoms with van der Waals surface area (Å²) >= 11 is 0. The van der Waals surface area contributed by atoms with Gasteiger partial charge < -0.3 is 5.11 Å². The van der Waals surface area contributed by atoms with Gasteiger partial charge in [-0.15, -0.1) is 0 Å². The van der Waals surface area contributed by atoms with E-state index in [9.17, 15) is 8.42 Å². The van der Waals surface area contributed by atoms with E-state index < -0.39 is 10.0 Å². The molecular weight excluding hydrogens is 286 g/mol. The minimum absolute atomic E-state index is 0.230. The summed E-state index contributed by atoms with van der Waals surface area (Å²) in [5, 5.41) is 9.14. The molecule has 0 saturated heterocycles. The highest BCUT2D eigenvalue weighted by molar-refractivity contribution is 7.89. The van der Waals surface area contributed by atoms with E-state index in [2.05, 4.69) is 0 Å². The quantitative estimate of drug-likeness (QED) is 0.876. The van der Waals surface area contributed by atoms with Gasteiger partial charge in [-0.25, -0.2) is 12.7 Å². The molecule has 1 aromatic rings. The Kier molecular flexibility index (Phi) is 5.79. The molecule has 0 atom stereocenters. The molecule has 5 heteroatoms. The molecule has 0 heterocycles. The van der Waals surface area contributed by atoms with E-state index in [0.717, 1.165) is 31.2 Å². The van der Waals surface area contributed by atoms with Crippen LogP contribution in [0.4, 0.5) is 0 Å². The second-order valence-electron chi connectivity index (χ2n) is 6.09. The molecule has 0 bridgehead atoms. The normalized spacial score (nSPS) is 23.4. The fourth-order valence-electron chi connectivity index (χ4n) is 2.94. The van der Waals surface area contributed by atoms with Gasteiger partial charge in [-0.05, 0) is 43.1 Å². The third kappa shape index (κ3) is 4.80. The molecule has 118 valence electrons.